The standard InChI is InChI=1S/C21H29N5O2/c1-15(2)13-28-21(27)16-7-9-17(10-8-16)25-19-18(22)20(24-14-23-19)26-11-5-3-4-6-12-26/h7-10,14-15H,3-6,11-13,22H2,1-2H3,(H,23,24,25). The molecule has 0 atom stereocenters. The summed E-state index contributed by atoms with van der Waals surface area (Å²) in [5.41, 5.74) is 8.22. The summed E-state index contributed by atoms with van der Waals surface area (Å²) in [6, 6.07) is 7.11. The molecular weight excluding hydrogens is 354 g/mol. The third kappa shape index (κ3) is 5.12. The fourth-order valence-electron chi connectivity index (χ4n) is 3.17. The average Bonchev–Trinajstić information content (AvgIpc) is 2.97. The summed E-state index contributed by atoms with van der Waals surface area (Å²) in [5.74, 6) is 1.35. The van der Waals surface area contributed by atoms with Gasteiger partial charge in [-0.1, -0.05) is 26.7 Å². The maximum Gasteiger partial charge on any atom is 0.338 e. The van der Waals surface area contributed by atoms with Gasteiger partial charge in [0, 0.05) is 18.8 Å². The van der Waals surface area contributed by atoms with Gasteiger partial charge in [-0.25, -0.2) is 14.8 Å². The Morgan fingerprint density at radius 2 is 1.82 bits per heavy atom. The summed E-state index contributed by atoms with van der Waals surface area (Å²) in [6.07, 6.45) is 6.34. The fourth-order valence-corrected chi connectivity index (χ4v) is 3.17. The first kappa shape index (κ1) is 19.9. The molecule has 1 aliphatic rings. The summed E-state index contributed by atoms with van der Waals surface area (Å²) in [4.78, 5) is 23.0. The molecule has 7 nitrogen and oxygen atoms in total. The normalized spacial score (nSPS) is 14.6. The van der Waals surface area contributed by atoms with E-state index < -0.39 is 0 Å². The molecule has 2 heterocycles. The molecule has 0 unspecified atom stereocenters. The number of ether oxygens (including phenoxy) is 1. The molecule has 2 aromatic rings. The number of nitrogens with one attached hydrogen (secondary N) is 1. The molecule has 1 aliphatic heterocycles. The van der Waals surface area contributed by atoms with Crippen molar-refractivity contribution in [2.45, 2.75) is 39.5 Å². The molecule has 0 amide bonds. The van der Waals surface area contributed by atoms with Crippen LogP contribution < -0.4 is 16.0 Å². The van der Waals surface area contributed by atoms with Gasteiger partial charge in [-0.3, -0.25) is 0 Å². The number of carbonyl (C=O) groups is 1. The van der Waals surface area contributed by atoms with E-state index in [9.17, 15) is 4.79 Å². The first-order chi connectivity index (χ1) is 13.5. The van der Waals surface area contributed by atoms with Crippen molar-refractivity contribution in [1.29, 1.82) is 0 Å². The van der Waals surface area contributed by atoms with Gasteiger partial charge in [0.1, 0.15) is 12.0 Å². The van der Waals surface area contributed by atoms with Gasteiger partial charge in [0.05, 0.1) is 12.2 Å². The highest BCUT2D eigenvalue weighted by Crippen LogP contribution is 2.30. The Labute approximate surface area is 166 Å². The molecule has 0 bridgehead atoms. The number of hydrogen-bond donors (Lipinski definition) is 2. The van der Waals surface area contributed by atoms with E-state index in [1.807, 2.05) is 26.0 Å². The molecule has 0 radical (unpaired) electrons. The minimum absolute atomic E-state index is 0.309. The minimum Gasteiger partial charge on any atom is -0.462 e. The van der Waals surface area contributed by atoms with Gasteiger partial charge < -0.3 is 20.7 Å². The van der Waals surface area contributed by atoms with Gasteiger partial charge in [-0.15, -0.1) is 0 Å². The molecule has 28 heavy (non-hydrogen) atoms. The Morgan fingerprint density at radius 3 is 2.46 bits per heavy atom. The average molecular weight is 383 g/mol. The number of hydrogen-bond acceptors (Lipinski definition) is 7. The smallest absolute Gasteiger partial charge is 0.338 e. The van der Waals surface area contributed by atoms with Gasteiger partial charge >= 0.3 is 5.97 Å². The van der Waals surface area contributed by atoms with Crippen LogP contribution in [0.1, 0.15) is 49.9 Å². The predicted octanol–water partition coefficient (Wildman–Crippen LogP) is 4.00. The van der Waals surface area contributed by atoms with Gasteiger partial charge in [0.15, 0.2) is 11.6 Å². The lowest BCUT2D eigenvalue weighted by molar-refractivity contribution is 0.0459. The zero-order valence-electron chi connectivity index (χ0n) is 16.6. The Bertz CT molecular complexity index is 784. The molecule has 7 heteroatoms. The van der Waals surface area contributed by atoms with Crippen LogP contribution in [0.3, 0.4) is 0 Å². The molecule has 1 aromatic heterocycles. The van der Waals surface area contributed by atoms with Crippen molar-refractivity contribution in [2.75, 3.05) is 35.6 Å². The number of benzene rings is 1. The number of rotatable bonds is 6. The van der Waals surface area contributed by atoms with E-state index in [-0.39, 0.29) is 5.97 Å². The SMILES string of the molecule is CC(C)COC(=O)c1ccc(Nc2ncnc(N3CCCCCC3)c2N)cc1. The number of nitrogens with two attached hydrogens (primary N) is 1. The minimum atomic E-state index is -0.315. The van der Waals surface area contributed by atoms with Crippen LogP contribution in [0, 0.1) is 5.92 Å². The highest BCUT2D eigenvalue weighted by Gasteiger charge is 2.17. The predicted molar refractivity (Wildman–Crippen MR) is 112 cm³/mol. The highest BCUT2D eigenvalue weighted by molar-refractivity contribution is 5.90. The van der Waals surface area contributed by atoms with Crippen molar-refractivity contribution in [3.8, 4) is 0 Å². The number of nitrogen functional groups attached to an aromatic ring is 1. The molecule has 0 aliphatic carbocycles. The van der Waals surface area contributed by atoms with Gasteiger partial charge in [0.25, 0.3) is 0 Å². The lowest BCUT2D eigenvalue weighted by Gasteiger charge is -2.23. The van der Waals surface area contributed by atoms with Crippen molar-refractivity contribution in [1.82, 2.24) is 9.97 Å². The van der Waals surface area contributed by atoms with E-state index in [0.717, 1.165) is 37.4 Å². The fraction of sp³-hybridized carbons (Fsp3) is 0.476. The molecule has 150 valence electrons. The van der Waals surface area contributed by atoms with Crippen molar-refractivity contribution in [3.05, 3.63) is 36.2 Å². The summed E-state index contributed by atoms with van der Waals surface area (Å²) in [5, 5.41) is 3.23. The number of aromatic nitrogens is 2. The van der Waals surface area contributed by atoms with Crippen LogP contribution in [0.4, 0.5) is 23.0 Å². The number of carbonyl (C=O) groups excluding carboxylic acids is 1. The molecule has 3 N–H and O–H groups in total. The maximum absolute atomic E-state index is 12.0. The lowest BCUT2D eigenvalue weighted by Crippen LogP contribution is -2.26. The van der Waals surface area contributed by atoms with Crippen LogP contribution >= 0.6 is 0 Å². The Hall–Kier alpha value is -2.83. The Morgan fingerprint density at radius 1 is 1.14 bits per heavy atom. The second kappa shape index (κ2) is 9.39. The van der Waals surface area contributed by atoms with Gasteiger partial charge in [-0.05, 0) is 43.0 Å². The first-order valence-corrected chi connectivity index (χ1v) is 9.94. The zero-order chi connectivity index (χ0) is 19.9. The number of anilines is 4. The molecular formula is C21H29N5O2. The van der Waals surface area contributed by atoms with Crippen molar-refractivity contribution < 1.29 is 9.53 Å². The van der Waals surface area contributed by atoms with Gasteiger partial charge in [-0.2, -0.15) is 0 Å². The number of nitrogens with zero attached hydrogens (tertiary/aromatic N) is 3. The van der Waals surface area contributed by atoms with Crippen LogP contribution in [0.15, 0.2) is 30.6 Å². The second-order valence-electron chi connectivity index (χ2n) is 7.56. The van der Waals surface area contributed by atoms with Crippen LogP contribution in [-0.2, 0) is 4.74 Å². The molecule has 1 aromatic carbocycles. The lowest BCUT2D eigenvalue weighted by atomic mass is 10.2. The van der Waals surface area contributed by atoms with Gasteiger partial charge in [0.2, 0.25) is 0 Å². The van der Waals surface area contributed by atoms with Crippen molar-refractivity contribution in [3.63, 3.8) is 0 Å². The Balaban J connectivity index is 1.69. The zero-order valence-corrected chi connectivity index (χ0v) is 16.6. The summed E-state index contributed by atoms with van der Waals surface area (Å²) in [7, 11) is 0. The molecule has 0 spiro atoms. The van der Waals surface area contributed by atoms with E-state index in [1.165, 1.54) is 19.2 Å². The quantitative estimate of drug-likeness (QED) is 0.728. The molecule has 1 fully saturated rings. The first-order valence-electron chi connectivity index (χ1n) is 9.94. The van der Waals surface area contributed by atoms with Crippen molar-refractivity contribution >= 4 is 29.0 Å². The largest absolute Gasteiger partial charge is 0.462 e. The topological polar surface area (TPSA) is 93.4 Å². The van der Waals surface area contributed by atoms with Crippen molar-refractivity contribution in [2.24, 2.45) is 5.92 Å². The van der Waals surface area contributed by atoms with Crippen LogP contribution in [0.2, 0.25) is 0 Å². The van der Waals surface area contributed by atoms with E-state index in [0.29, 0.717) is 29.6 Å². The monoisotopic (exact) mass is 383 g/mol. The summed E-state index contributed by atoms with van der Waals surface area (Å²) < 4.78 is 5.25. The van der Waals surface area contributed by atoms with E-state index in [4.69, 9.17) is 10.5 Å². The van der Waals surface area contributed by atoms with Crippen LogP contribution in [-0.4, -0.2) is 35.6 Å². The maximum atomic E-state index is 12.0. The van der Waals surface area contributed by atoms with E-state index in [1.54, 1.807) is 12.1 Å². The molecule has 1 saturated heterocycles. The Kier molecular flexibility index (Phi) is 6.68. The number of esters is 1. The highest BCUT2D eigenvalue weighted by atomic mass is 16.5. The van der Waals surface area contributed by atoms with E-state index >= 15 is 0 Å². The molecule has 0 saturated carbocycles. The summed E-state index contributed by atoms with van der Waals surface area (Å²) >= 11 is 0. The van der Waals surface area contributed by atoms with Crippen LogP contribution in [0.25, 0.3) is 0 Å². The summed E-state index contributed by atoms with van der Waals surface area (Å²) in [6.45, 7) is 6.36. The van der Waals surface area contributed by atoms with Crippen LogP contribution in [0.5, 0.6) is 0 Å². The third-order valence-corrected chi connectivity index (χ3v) is 4.70. The molecule has 3 rings (SSSR count). The second-order valence-corrected chi connectivity index (χ2v) is 7.56. The third-order valence-electron chi connectivity index (χ3n) is 4.70. The van der Waals surface area contributed by atoms with E-state index in [2.05, 4.69) is 20.2 Å².